The first kappa shape index (κ1) is 19.0. The molecule has 2 aromatic carbocycles. The van der Waals surface area contributed by atoms with Crippen molar-refractivity contribution in [2.24, 2.45) is 4.99 Å². The lowest BCUT2D eigenvalue weighted by Gasteiger charge is -2.12. The molecule has 0 aliphatic rings. The van der Waals surface area contributed by atoms with Crippen LogP contribution >= 0.6 is 0 Å². The fourth-order valence-corrected chi connectivity index (χ4v) is 2.21. The molecule has 134 valence electrons. The summed E-state index contributed by atoms with van der Waals surface area (Å²) in [5, 5.41) is 8.70. The van der Waals surface area contributed by atoms with Crippen molar-refractivity contribution in [1.29, 1.82) is 0 Å². The van der Waals surface area contributed by atoms with Crippen molar-refractivity contribution in [2.75, 3.05) is 18.9 Å². The largest absolute Gasteiger partial charge is 0.352 e. The summed E-state index contributed by atoms with van der Waals surface area (Å²) in [6, 6.07) is 12.1. The van der Waals surface area contributed by atoms with E-state index in [1.54, 1.807) is 44.3 Å². The van der Waals surface area contributed by atoms with Crippen LogP contribution in [0.5, 0.6) is 0 Å². The number of aliphatic imine (C=N–C) groups is 1. The second-order valence-corrected chi connectivity index (χ2v) is 5.64. The third kappa shape index (κ3) is 5.64. The van der Waals surface area contributed by atoms with Crippen LogP contribution in [0, 0.1) is 25.1 Å². The van der Waals surface area contributed by atoms with Gasteiger partial charge in [-0.3, -0.25) is 9.79 Å². The lowest BCUT2D eigenvalue weighted by Crippen LogP contribution is -2.41. The van der Waals surface area contributed by atoms with E-state index < -0.39 is 0 Å². The molecule has 0 radical (unpaired) electrons. The second-order valence-electron chi connectivity index (χ2n) is 5.64. The Labute approximate surface area is 152 Å². The highest BCUT2D eigenvalue weighted by Crippen LogP contribution is 2.10. The van der Waals surface area contributed by atoms with Gasteiger partial charge in [0.2, 0.25) is 5.91 Å². The summed E-state index contributed by atoms with van der Waals surface area (Å²) in [5.41, 5.74) is 2.71. The smallest absolute Gasteiger partial charge is 0.243 e. The minimum absolute atomic E-state index is 0.0300. The molecule has 26 heavy (non-hydrogen) atoms. The molecule has 0 saturated heterocycles. The molecular weight excluding hydrogens is 331 g/mol. The maximum Gasteiger partial charge on any atom is 0.243 e. The summed E-state index contributed by atoms with van der Waals surface area (Å²) in [4.78, 5) is 16.1. The van der Waals surface area contributed by atoms with Crippen LogP contribution in [0.15, 0.2) is 47.5 Å². The van der Waals surface area contributed by atoms with Gasteiger partial charge in [-0.2, -0.15) is 0 Å². The molecule has 5 nitrogen and oxygen atoms in total. The van der Waals surface area contributed by atoms with Crippen molar-refractivity contribution >= 4 is 17.6 Å². The first-order valence-electron chi connectivity index (χ1n) is 8.08. The zero-order valence-electron chi connectivity index (χ0n) is 14.8. The molecule has 0 aliphatic carbocycles. The van der Waals surface area contributed by atoms with E-state index in [2.05, 4.69) is 26.9 Å². The van der Waals surface area contributed by atoms with Crippen molar-refractivity contribution in [3.63, 3.8) is 0 Å². The van der Waals surface area contributed by atoms with Crippen LogP contribution < -0.4 is 16.0 Å². The number of anilines is 1. The number of rotatable bonds is 5. The van der Waals surface area contributed by atoms with Gasteiger partial charge in [0.15, 0.2) is 5.96 Å². The number of hydrogen-bond donors (Lipinski definition) is 3. The summed E-state index contributed by atoms with van der Waals surface area (Å²) >= 11 is 0. The van der Waals surface area contributed by atoms with Gasteiger partial charge in [0.1, 0.15) is 5.82 Å². The van der Waals surface area contributed by atoms with Crippen molar-refractivity contribution in [3.8, 4) is 12.3 Å². The second kappa shape index (κ2) is 9.23. The van der Waals surface area contributed by atoms with Crippen molar-refractivity contribution in [1.82, 2.24) is 10.6 Å². The molecule has 0 aromatic heterocycles. The lowest BCUT2D eigenvalue weighted by atomic mass is 10.1. The van der Waals surface area contributed by atoms with Gasteiger partial charge in [-0.25, -0.2) is 4.39 Å². The standard InChI is InChI=1S/C20H21FN4O/c1-4-15-6-5-7-17(10-15)25-19(26)13-24-20(22-3)23-12-16-9-8-14(2)18(21)11-16/h1,5-11H,12-13H2,2-3H3,(H,25,26)(H2,22,23,24). The highest BCUT2D eigenvalue weighted by atomic mass is 19.1. The average molecular weight is 352 g/mol. The van der Waals surface area contributed by atoms with Gasteiger partial charge in [-0.05, 0) is 42.3 Å². The van der Waals surface area contributed by atoms with E-state index in [1.165, 1.54) is 6.07 Å². The number of nitrogens with zero attached hydrogens (tertiary/aromatic N) is 1. The summed E-state index contributed by atoms with van der Waals surface area (Å²) < 4.78 is 13.6. The van der Waals surface area contributed by atoms with Crippen LogP contribution in [0.2, 0.25) is 0 Å². The summed E-state index contributed by atoms with van der Waals surface area (Å²) in [7, 11) is 1.60. The molecule has 0 spiro atoms. The first-order chi connectivity index (χ1) is 12.5. The Morgan fingerprint density at radius 1 is 1.23 bits per heavy atom. The fraction of sp³-hybridized carbons (Fsp3) is 0.200. The normalized spacial score (nSPS) is 10.8. The average Bonchev–Trinajstić information content (AvgIpc) is 2.64. The molecule has 0 unspecified atom stereocenters. The van der Waals surface area contributed by atoms with E-state index in [0.29, 0.717) is 29.3 Å². The topological polar surface area (TPSA) is 65.5 Å². The summed E-state index contributed by atoms with van der Waals surface area (Å²) in [5.74, 6) is 2.48. The molecule has 3 N–H and O–H groups in total. The van der Waals surface area contributed by atoms with E-state index in [0.717, 1.165) is 5.56 Å². The number of halogens is 1. The predicted molar refractivity (Wildman–Crippen MR) is 102 cm³/mol. The molecule has 0 heterocycles. The number of hydrogen-bond acceptors (Lipinski definition) is 2. The number of nitrogens with one attached hydrogen (secondary N) is 3. The summed E-state index contributed by atoms with van der Waals surface area (Å²) in [6.07, 6.45) is 5.34. The minimum atomic E-state index is -0.249. The van der Waals surface area contributed by atoms with Gasteiger partial charge in [0, 0.05) is 24.8 Å². The monoisotopic (exact) mass is 352 g/mol. The molecule has 0 atom stereocenters. The number of carbonyl (C=O) groups is 1. The molecule has 0 aliphatic heterocycles. The molecule has 2 aromatic rings. The highest BCUT2D eigenvalue weighted by Gasteiger charge is 2.05. The van der Waals surface area contributed by atoms with Crippen molar-refractivity contribution in [2.45, 2.75) is 13.5 Å². The lowest BCUT2D eigenvalue weighted by molar-refractivity contribution is -0.115. The Morgan fingerprint density at radius 2 is 2.04 bits per heavy atom. The van der Waals surface area contributed by atoms with Crippen LogP contribution in [-0.4, -0.2) is 25.5 Å². The third-order valence-electron chi connectivity index (χ3n) is 3.65. The quantitative estimate of drug-likeness (QED) is 0.440. The fourth-order valence-electron chi connectivity index (χ4n) is 2.21. The van der Waals surface area contributed by atoms with E-state index in [-0.39, 0.29) is 18.3 Å². The van der Waals surface area contributed by atoms with Crippen LogP contribution in [0.4, 0.5) is 10.1 Å². The van der Waals surface area contributed by atoms with Crippen LogP contribution in [0.3, 0.4) is 0 Å². The predicted octanol–water partition coefficient (Wildman–Crippen LogP) is 2.42. The Balaban J connectivity index is 1.83. The SMILES string of the molecule is C#Cc1cccc(NC(=O)CNC(=NC)NCc2ccc(C)c(F)c2)c1. The number of amides is 1. The molecule has 0 bridgehead atoms. The van der Waals surface area contributed by atoms with Gasteiger partial charge in [0.25, 0.3) is 0 Å². The van der Waals surface area contributed by atoms with E-state index in [9.17, 15) is 9.18 Å². The van der Waals surface area contributed by atoms with Crippen LogP contribution in [0.25, 0.3) is 0 Å². The number of carbonyl (C=O) groups excluding carboxylic acids is 1. The molecule has 1 amide bonds. The maximum absolute atomic E-state index is 13.6. The van der Waals surface area contributed by atoms with Gasteiger partial charge in [0.05, 0.1) is 6.54 Å². The Kier molecular flexibility index (Phi) is 6.75. The van der Waals surface area contributed by atoms with Gasteiger partial charge >= 0.3 is 0 Å². The van der Waals surface area contributed by atoms with E-state index in [1.807, 2.05) is 6.07 Å². The molecular formula is C20H21FN4O. The zero-order chi connectivity index (χ0) is 18.9. The molecule has 0 fully saturated rings. The summed E-state index contributed by atoms with van der Waals surface area (Å²) in [6.45, 7) is 2.13. The number of terminal acetylenes is 1. The Morgan fingerprint density at radius 3 is 2.73 bits per heavy atom. The van der Waals surface area contributed by atoms with Gasteiger partial charge in [-0.15, -0.1) is 6.42 Å². The van der Waals surface area contributed by atoms with Gasteiger partial charge in [-0.1, -0.05) is 24.1 Å². The van der Waals surface area contributed by atoms with E-state index >= 15 is 0 Å². The van der Waals surface area contributed by atoms with Gasteiger partial charge < -0.3 is 16.0 Å². The molecule has 6 heteroatoms. The van der Waals surface area contributed by atoms with Crippen LogP contribution in [-0.2, 0) is 11.3 Å². The number of aryl methyl sites for hydroxylation is 1. The zero-order valence-corrected chi connectivity index (χ0v) is 14.8. The minimum Gasteiger partial charge on any atom is -0.352 e. The Bertz CT molecular complexity index is 855. The molecule has 0 saturated carbocycles. The number of guanidine groups is 1. The number of benzene rings is 2. The maximum atomic E-state index is 13.6. The van der Waals surface area contributed by atoms with Crippen LogP contribution in [0.1, 0.15) is 16.7 Å². The first-order valence-corrected chi connectivity index (χ1v) is 8.08. The third-order valence-corrected chi connectivity index (χ3v) is 3.65. The van der Waals surface area contributed by atoms with Crippen molar-refractivity contribution < 1.29 is 9.18 Å². The molecule has 2 rings (SSSR count). The highest BCUT2D eigenvalue weighted by molar-refractivity contribution is 5.95. The van der Waals surface area contributed by atoms with Crippen molar-refractivity contribution in [3.05, 3.63) is 65.0 Å². The Hall–Kier alpha value is -3.33. The van der Waals surface area contributed by atoms with E-state index in [4.69, 9.17) is 6.42 Å².